The molecule has 0 spiro atoms. The van der Waals surface area contributed by atoms with E-state index in [2.05, 4.69) is 43.8 Å². The number of carbonyl (C=O) groups is 1. The summed E-state index contributed by atoms with van der Waals surface area (Å²) in [6, 6.07) is 8.74. The fourth-order valence-electron chi connectivity index (χ4n) is 4.70. The predicted octanol–water partition coefficient (Wildman–Crippen LogP) is 4.04. The van der Waals surface area contributed by atoms with E-state index >= 15 is 0 Å². The maximum absolute atomic E-state index is 12.0. The Labute approximate surface area is 210 Å². The van der Waals surface area contributed by atoms with Crippen LogP contribution in [0.1, 0.15) is 38.1 Å². The highest BCUT2D eigenvalue weighted by Gasteiger charge is 2.24. The molecule has 1 aromatic carbocycles. The molecule has 186 valence electrons. The molecule has 36 heavy (non-hydrogen) atoms. The molecule has 1 amide bonds. The summed E-state index contributed by atoms with van der Waals surface area (Å²) in [6.07, 6.45) is 15.8. The van der Waals surface area contributed by atoms with Crippen LogP contribution in [-0.2, 0) is 16.6 Å². The van der Waals surface area contributed by atoms with Gasteiger partial charge in [0.1, 0.15) is 0 Å². The van der Waals surface area contributed by atoms with Crippen LogP contribution in [0.15, 0.2) is 61.4 Å². The molecule has 1 aliphatic carbocycles. The van der Waals surface area contributed by atoms with Gasteiger partial charge in [0.2, 0.25) is 5.91 Å². The van der Waals surface area contributed by atoms with Crippen LogP contribution in [-0.4, -0.2) is 55.2 Å². The lowest BCUT2D eigenvalue weighted by molar-refractivity contribution is -0.122. The van der Waals surface area contributed by atoms with Crippen LogP contribution in [0, 0.1) is 0 Å². The molecule has 3 heterocycles. The largest absolute Gasteiger partial charge is 0.384 e. The Morgan fingerprint density at radius 1 is 0.944 bits per heavy atom. The number of benzene rings is 1. The topological polar surface area (TPSA) is 99.8 Å². The minimum Gasteiger partial charge on any atom is -0.384 e. The third kappa shape index (κ3) is 5.52. The standard InChI is InChI=1S/C27H31N7O2/c1-33-17-22(15-30-33)19-4-3-5-20(12-19)27-28-13-21(14-29-27)23-16-31-34(18-23)25-8-6-24(7-9-25)32-26(35)10-11-36-2/h3-5,12-18,24-25H,6-11H2,1-2H3,(H,32,35)/t24-,25+. The molecule has 4 aromatic rings. The number of amides is 1. The van der Waals surface area contributed by atoms with E-state index in [-0.39, 0.29) is 11.9 Å². The summed E-state index contributed by atoms with van der Waals surface area (Å²) in [5, 5.41) is 12.0. The van der Waals surface area contributed by atoms with Crippen molar-refractivity contribution in [1.82, 2.24) is 34.8 Å². The van der Waals surface area contributed by atoms with Crippen LogP contribution >= 0.6 is 0 Å². The number of nitrogens with one attached hydrogen (secondary N) is 1. The first-order chi connectivity index (χ1) is 17.6. The van der Waals surface area contributed by atoms with E-state index in [9.17, 15) is 4.79 Å². The van der Waals surface area contributed by atoms with Crippen LogP contribution in [0.2, 0.25) is 0 Å². The van der Waals surface area contributed by atoms with Gasteiger partial charge in [-0.2, -0.15) is 10.2 Å². The van der Waals surface area contributed by atoms with Gasteiger partial charge in [-0.3, -0.25) is 14.2 Å². The number of rotatable bonds is 8. The zero-order valence-electron chi connectivity index (χ0n) is 20.7. The van der Waals surface area contributed by atoms with Crippen molar-refractivity contribution in [2.24, 2.45) is 7.05 Å². The summed E-state index contributed by atoms with van der Waals surface area (Å²) in [5.41, 5.74) is 5.04. The fraction of sp³-hybridized carbons (Fsp3) is 0.370. The quantitative estimate of drug-likeness (QED) is 0.404. The summed E-state index contributed by atoms with van der Waals surface area (Å²) in [7, 11) is 3.52. The van der Waals surface area contributed by atoms with Crippen LogP contribution in [0.25, 0.3) is 33.6 Å². The SMILES string of the molecule is COCCC(=O)N[C@H]1CC[C@@H](n2cc(-c3cnc(-c4cccc(-c5cnn(C)c5)c4)nc3)cn2)CC1. The summed E-state index contributed by atoms with van der Waals surface area (Å²) in [6.45, 7) is 0.458. The minimum absolute atomic E-state index is 0.0638. The van der Waals surface area contributed by atoms with Gasteiger partial charge in [0.05, 0.1) is 25.0 Å². The minimum atomic E-state index is 0.0638. The number of aromatic nitrogens is 6. The summed E-state index contributed by atoms with van der Waals surface area (Å²) in [4.78, 5) is 21.2. The third-order valence-electron chi connectivity index (χ3n) is 6.71. The van der Waals surface area contributed by atoms with Crippen molar-refractivity contribution in [3.63, 3.8) is 0 Å². The van der Waals surface area contributed by atoms with Crippen molar-refractivity contribution in [2.75, 3.05) is 13.7 Å². The summed E-state index contributed by atoms with van der Waals surface area (Å²) < 4.78 is 8.82. The van der Waals surface area contributed by atoms with Crippen LogP contribution < -0.4 is 5.32 Å². The van der Waals surface area contributed by atoms with Gasteiger partial charge >= 0.3 is 0 Å². The Morgan fingerprint density at radius 2 is 1.67 bits per heavy atom. The second-order valence-electron chi connectivity index (χ2n) is 9.30. The van der Waals surface area contributed by atoms with Crippen LogP contribution in [0.3, 0.4) is 0 Å². The summed E-state index contributed by atoms with van der Waals surface area (Å²) >= 11 is 0. The zero-order valence-corrected chi connectivity index (χ0v) is 20.7. The average Bonchev–Trinajstić information content (AvgIpc) is 3.58. The molecule has 1 saturated carbocycles. The molecule has 0 bridgehead atoms. The van der Waals surface area contributed by atoms with Crippen molar-refractivity contribution >= 4 is 5.91 Å². The smallest absolute Gasteiger partial charge is 0.222 e. The highest BCUT2D eigenvalue weighted by molar-refractivity contribution is 5.76. The van der Waals surface area contributed by atoms with Gasteiger partial charge in [0.15, 0.2) is 5.82 Å². The van der Waals surface area contributed by atoms with Gasteiger partial charge in [0.25, 0.3) is 0 Å². The maximum atomic E-state index is 12.0. The molecular formula is C27H31N7O2. The van der Waals surface area contributed by atoms with Crippen LogP contribution in [0.4, 0.5) is 0 Å². The molecule has 3 aromatic heterocycles. The number of hydrogen-bond acceptors (Lipinski definition) is 6. The number of aryl methyl sites for hydroxylation is 1. The first kappa shape index (κ1) is 23.9. The van der Waals surface area contributed by atoms with Crippen LogP contribution in [0.5, 0.6) is 0 Å². The van der Waals surface area contributed by atoms with Crippen molar-refractivity contribution in [2.45, 2.75) is 44.2 Å². The molecule has 9 heteroatoms. The van der Waals surface area contributed by atoms with Gasteiger partial charge in [0, 0.05) is 73.7 Å². The van der Waals surface area contributed by atoms with Gasteiger partial charge in [-0.1, -0.05) is 18.2 Å². The highest BCUT2D eigenvalue weighted by atomic mass is 16.5. The second kappa shape index (κ2) is 10.8. The molecule has 9 nitrogen and oxygen atoms in total. The molecule has 1 N–H and O–H groups in total. The molecule has 0 unspecified atom stereocenters. The molecule has 1 fully saturated rings. The molecular weight excluding hydrogens is 454 g/mol. The van der Waals surface area contributed by atoms with E-state index in [1.165, 1.54) is 0 Å². The lowest BCUT2D eigenvalue weighted by atomic mass is 9.91. The first-order valence-corrected chi connectivity index (χ1v) is 12.3. The lowest BCUT2D eigenvalue weighted by Crippen LogP contribution is -2.38. The van der Waals surface area contributed by atoms with E-state index in [0.717, 1.165) is 53.5 Å². The van der Waals surface area contributed by atoms with Crippen molar-refractivity contribution in [1.29, 1.82) is 0 Å². The fourth-order valence-corrected chi connectivity index (χ4v) is 4.70. The third-order valence-corrected chi connectivity index (χ3v) is 6.71. The van der Waals surface area contributed by atoms with Crippen molar-refractivity contribution < 1.29 is 9.53 Å². The van der Waals surface area contributed by atoms with Gasteiger partial charge in [-0.05, 0) is 37.3 Å². The molecule has 5 rings (SSSR count). The van der Waals surface area contributed by atoms with E-state index in [0.29, 0.717) is 24.9 Å². The van der Waals surface area contributed by atoms with E-state index in [4.69, 9.17) is 4.74 Å². The lowest BCUT2D eigenvalue weighted by Gasteiger charge is -2.29. The Kier molecular flexibility index (Phi) is 7.18. The normalized spacial score (nSPS) is 17.7. The van der Waals surface area contributed by atoms with Gasteiger partial charge in [-0.15, -0.1) is 0 Å². The Balaban J connectivity index is 1.21. The number of nitrogens with zero attached hydrogens (tertiary/aromatic N) is 6. The van der Waals surface area contributed by atoms with E-state index in [1.54, 1.807) is 11.8 Å². The Bertz CT molecular complexity index is 1300. The Morgan fingerprint density at radius 3 is 2.39 bits per heavy atom. The van der Waals surface area contributed by atoms with E-state index < -0.39 is 0 Å². The van der Waals surface area contributed by atoms with Gasteiger partial charge < -0.3 is 10.1 Å². The number of carbonyl (C=O) groups excluding carboxylic acids is 1. The van der Waals surface area contributed by atoms with E-state index in [1.807, 2.05) is 54.8 Å². The highest BCUT2D eigenvalue weighted by Crippen LogP contribution is 2.30. The number of hydrogen-bond donors (Lipinski definition) is 1. The predicted molar refractivity (Wildman–Crippen MR) is 137 cm³/mol. The van der Waals surface area contributed by atoms with Gasteiger partial charge in [-0.25, -0.2) is 9.97 Å². The number of methoxy groups -OCH3 is 1. The first-order valence-electron chi connectivity index (χ1n) is 12.3. The average molecular weight is 486 g/mol. The second-order valence-corrected chi connectivity index (χ2v) is 9.30. The zero-order chi connectivity index (χ0) is 24.9. The maximum Gasteiger partial charge on any atom is 0.222 e. The molecule has 1 aliphatic rings. The monoisotopic (exact) mass is 485 g/mol. The molecule has 0 aliphatic heterocycles. The van der Waals surface area contributed by atoms with Crippen molar-refractivity contribution in [3.05, 3.63) is 61.4 Å². The molecule has 0 saturated heterocycles. The van der Waals surface area contributed by atoms with Crippen molar-refractivity contribution in [3.8, 4) is 33.6 Å². The molecule has 0 atom stereocenters. The Hall–Kier alpha value is -3.85. The summed E-state index contributed by atoms with van der Waals surface area (Å²) in [5.74, 6) is 0.747. The number of ether oxygens (including phenoxy) is 1. The molecule has 0 radical (unpaired) electrons.